The molecule has 1 unspecified atom stereocenters. The Morgan fingerprint density at radius 1 is 1.47 bits per heavy atom. The van der Waals surface area contributed by atoms with Crippen LogP contribution in [0.3, 0.4) is 0 Å². The Balaban J connectivity index is 2.78. The first-order valence-electron chi connectivity index (χ1n) is 5.36. The summed E-state index contributed by atoms with van der Waals surface area (Å²) < 4.78 is 49.9. The summed E-state index contributed by atoms with van der Waals surface area (Å²) in [5, 5.41) is 8.64. The van der Waals surface area contributed by atoms with Gasteiger partial charge in [0.2, 0.25) is 10.0 Å². The zero-order valence-corrected chi connectivity index (χ0v) is 11.9. The summed E-state index contributed by atoms with van der Waals surface area (Å²) in [6.45, 7) is 0.140. The van der Waals surface area contributed by atoms with Gasteiger partial charge in [-0.25, -0.2) is 17.5 Å². The molecule has 0 heterocycles. The summed E-state index contributed by atoms with van der Waals surface area (Å²) in [6.07, 6.45) is 1.97. The fourth-order valence-electron chi connectivity index (χ4n) is 1.32. The van der Waals surface area contributed by atoms with E-state index in [2.05, 4.69) is 4.72 Å². The highest BCUT2D eigenvalue weighted by molar-refractivity contribution is 7.89. The molecule has 19 heavy (non-hydrogen) atoms. The molecule has 5 nitrogen and oxygen atoms in total. The maximum absolute atomic E-state index is 13.1. The average Bonchev–Trinajstić information content (AvgIpc) is 2.35. The highest BCUT2D eigenvalue weighted by Crippen LogP contribution is 2.14. The minimum atomic E-state index is -3.77. The van der Waals surface area contributed by atoms with Crippen molar-refractivity contribution in [3.05, 3.63) is 29.6 Å². The molecule has 0 aliphatic carbocycles. The van der Waals surface area contributed by atoms with E-state index in [-0.39, 0.29) is 17.0 Å². The van der Waals surface area contributed by atoms with E-state index in [1.807, 2.05) is 0 Å². The number of benzene rings is 1. The van der Waals surface area contributed by atoms with E-state index in [4.69, 9.17) is 5.26 Å². The fraction of sp³-hybridized carbons (Fsp3) is 0.364. The zero-order chi connectivity index (χ0) is 14.5. The van der Waals surface area contributed by atoms with Gasteiger partial charge in [-0.3, -0.25) is 4.21 Å². The van der Waals surface area contributed by atoms with Gasteiger partial charge in [0, 0.05) is 29.4 Å². The summed E-state index contributed by atoms with van der Waals surface area (Å²) in [4.78, 5) is -0.164. The highest BCUT2D eigenvalue weighted by Gasteiger charge is 2.15. The van der Waals surface area contributed by atoms with Gasteiger partial charge in [0.25, 0.3) is 0 Å². The molecule has 104 valence electrons. The summed E-state index contributed by atoms with van der Waals surface area (Å²) in [5.41, 5.74) is -0.322. The fourth-order valence-corrected chi connectivity index (χ4v) is 2.97. The van der Waals surface area contributed by atoms with E-state index in [1.54, 1.807) is 6.07 Å². The van der Waals surface area contributed by atoms with E-state index >= 15 is 0 Å². The Morgan fingerprint density at radius 3 is 2.74 bits per heavy atom. The summed E-state index contributed by atoms with van der Waals surface area (Å²) >= 11 is 0. The van der Waals surface area contributed by atoms with Crippen molar-refractivity contribution in [2.24, 2.45) is 0 Å². The van der Waals surface area contributed by atoms with E-state index in [1.165, 1.54) is 6.26 Å². The lowest BCUT2D eigenvalue weighted by Crippen LogP contribution is -2.25. The van der Waals surface area contributed by atoms with Crippen molar-refractivity contribution in [1.82, 2.24) is 4.72 Å². The van der Waals surface area contributed by atoms with Crippen LogP contribution in [0.1, 0.15) is 12.0 Å². The molecule has 1 aromatic rings. The SMILES string of the molecule is CS(=O)CCCNS(=O)(=O)c1ccc(F)c(C#N)c1. The number of sulfonamides is 1. The second-order valence-electron chi connectivity index (χ2n) is 3.78. The van der Waals surface area contributed by atoms with Gasteiger partial charge in [0.15, 0.2) is 0 Å². The third-order valence-electron chi connectivity index (χ3n) is 2.27. The van der Waals surface area contributed by atoms with Gasteiger partial charge >= 0.3 is 0 Å². The van der Waals surface area contributed by atoms with Crippen molar-refractivity contribution in [2.75, 3.05) is 18.6 Å². The number of halogens is 1. The largest absolute Gasteiger partial charge is 0.260 e. The standard InChI is InChI=1S/C11H13FN2O3S2/c1-18(15)6-2-5-14-19(16,17)10-3-4-11(12)9(7-10)8-13/h3-4,7,14H,2,5-6H2,1H3. The van der Waals surface area contributed by atoms with Crippen LogP contribution in [0.4, 0.5) is 4.39 Å². The monoisotopic (exact) mass is 304 g/mol. The average molecular weight is 304 g/mol. The number of nitrogens with zero attached hydrogens (tertiary/aromatic N) is 1. The molecule has 8 heteroatoms. The topological polar surface area (TPSA) is 87.0 Å². The van der Waals surface area contributed by atoms with Crippen molar-refractivity contribution < 1.29 is 17.0 Å². The maximum Gasteiger partial charge on any atom is 0.240 e. The Kier molecular flexibility index (Phi) is 5.60. The van der Waals surface area contributed by atoms with Crippen molar-refractivity contribution >= 4 is 20.8 Å². The molecular formula is C11H13FN2O3S2. The molecule has 0 amide bonds. The molecule has 0 saturated heterocycles. The van der Waals surface area contributed by atoms with Gasteiger partial charge in [-0.2, -0.15) is 5.26 Å². The third-order valence-corrected chi connectivity index (χ3v) is 4.59. The van der Waals surface area contributed by atoms with E-state index in [0.717, 1.165) is 18.2 Å². The van der Waals surface area contributed by atoms with Crippen LogP contribution < -0.4 is 4.72 Å². The first kappa shape index (κ1) is 15.8. The van der Waals surface area contributed by atoms with E-state index in [9.17, 15) is 17.0 Å². The van der Waals surface area contributed by atoms with Crippen molar-refractivity contribution in [3.8, 4) is 6.07 Å². The number of nitriles is 1. The van der Waals surface area contributed by atoms with Crippen LogP contribution in [0.5, 0.6) is 0 Å². The molecule has 0 spiro atoms. The lowest BCUT2D eigenvalue weighted by atomic mass is 10.2. The Bertz CT molecular complexity index is 623. The molecule has 1 atom stereocenters. The Labute approximate surface area is 113 Å². The molecule has 1 rings (SSSR count). The summed E-state index contributed by atoms with van der Waals surface area (Å²) in [6, 6.07) is 4.60. The van der Waals surface area contributed by atoms with Crippen LogP contribution in [0.25, 0.3) is 0 Å². The van der Waals surface area contributed by atoms with Gasteiger partial charge in [-0.05, 0) is 24.6 Å². The summed E-state index contributed by atoms with van der Waals surface area (Å²) in [7, 11) is -4.75. The van der Waals surface area contributed by atoms with Gasteiger partial charge in [-0.15, -0.1) is 0 Å². The van der Waals surface area contributed by atoms with Crippen LogP contribution in [0.15, 0.2) is 23.1 Å². The van der Waals surface area contributed by atoms with Crippen LogP contribution >= 0.6 is 0 Å². The molecule has 0 aliphatic rings. The minimum absolute atomic E-state index is 0.140. The molecule has 0 aliphatic heterocycles. The second-order valence-corrected chi connectivity index (χ2v) is 7.10. The van der Waals surface area contributed by atoms with Gasteiger partial charge < -0.3 is 0 Å². The number of hydrogen-bond donors (Lipinski definition) is 1. The maximum atomic E-state index is 13.1. The molecule has 0 bridgehead atoms. The third kappa shape index (κ3) is 4.70. The number of hydrogen-bond acceptors (Lipinski definition) is 4. The molecule has 0 fully saturated rings. The van der Waals surface area contributed by atoms with Crippen LogP contribution in [-0.4, -0.2) is 31.2 Å². The normalized spacial score (nSPS) is 12.9. The van der Waals surface area contributed by atoms with Crippen LogP contribution in [0.2, 0.25) is 0 Å². The molecule has 0 aromatic heterocycles. The number of nitrogens with one attached hydrogen (secondary N) is 1. The smallest absolute Gasteiger partial charge is 0.240 e. The Morgan fingerprint density at radius 2 is 2.16 bits per heavy atom. The molecular weight excluding hydrogens is 291 g/mol. The first-order valence-corrected chi connectivity index (χ1v) is 8.57. The molecule has 1 aromatic carbocycles. The van der Waals surface area contributed by atoms with Crippen molar-refractivity contribution in [3.63, 3.8) is 0 Å². The second kappa shape index (κ2) is 6.75. The van der Waals surface area contributed by atoms with E-state index < -0.39 is 26.6 Å². The predicted molar refractivity (Wildman–Crippen MR) is 69.9 cm³/mol. The molecule has 0 radical (unpaired) electrons. The molecule has 1 N–H and O–H groups in total. The van der Waals surface area contributed by atoms with Crippen LogP contribution in [-0.2, 0) is 20.8 Å². The highest BCUT2D eigenvalue weighted by atomic mass is 32.2. The molecule has 0 saturated carbocycles. The first-order chi connectivity index (χ1) is 8.86. The van der Waals surface area contributed by atoms with Gasteiger partial charge in [0.05, 0.1) is 10.5 Å². The van der Waals surface area contributed by atoms with Crippen molar-refractivity contribution in [2.45, 2.75) is 11.3 Å². The lowest BCUT2D eigenvalue weighted by Gasteiger charge is -2.06. The van der Waals surface area contributed by atoms with Gasteiger partial charge in [-0.1, -0.05) is 0 Å². The summed E-state index contributed by atoms with van der Waals surface area (Å²) in [5.74, 6) is -0.363. The van der Waals surface area contributed by atoms with Gasteiger partial charge in [0.1, 0.15) is 11.9 Å². The number of rotatable bonds is 6. The minimum Gasteiger partial charge on any atom is -0.260 e. The Hall–Kier alpha value is -1.30. The predicted octanol–water partition coefficient (Wildman–Crippen LogP) is 0.744. The van der Waals surface area contributed by atoms with E-state index in [0.29, 0.717) is 12.2 Å². The zero-order valence-electron chi connectivity index (χ0n) is 10.2. The quantitative estimate of drug-likeness (QED) is 0.785. The van der Waals surface area contributed by atoms with Crippen LogP contribution in [0, 0.1) is 17.1 Å². The van der Waals surface area contributed by atoms with Crippen molar-refractivity contribution in [1.29, 1.82) is 5.26 Å². The lowest BCUT2D eigenvalue weighted by molar-refractivity contribution is 0.579.